The van der Waals surface area contributed by atoms with E-state index in [4.69, 9.17) is 9.47 Å². The molecule has 0 aliphatic rings. The number of ether oxygens (including phenoxy) is 2. The molecule has 0 amide bonds. The molecule has 0 rings (SSSR count). The van der Waals surface area contributed by atoms with E-state index < -0.39 is 17.7 Å². The van der Waals surface area contributed by atoms with E-state index in [1.54, 1.807) is 6.08 Å². The summed E-state index contributed by atoms with van der Waals surface area (Å²) in [6.07, 6.45) is 1.58. The highest BCUT2D eigenvalue weighted by Gasteiger charge is 2.28. The van der Waals surface area contributed by atoms with Crippen LogP contribution >= 0.6 is 0 Å². The molecule has 0 N–H and O–H groups in total. The zero-order valence-electron chi connectivity index (χ0n) is 9.21. The van der Waals surface area contributed by atoms with Crippen LogP contribution in [0.5, 0.6) is 0 Å². The monoisotopic (exact) mass is 200 g/mol. The first-order chi connectivity index (χ1) is 6.25. The van der Waals surface area contributed by atoms with Crippen molar-refractivity contribution in [2.45, 2.75) is 40.4 Å². The molecule has 4 nitrogen and oxygen atoms in total. The molecule has 0 aliphatic heterocycles. The van der Waals surface area contributed by atoms with Gasteiger partial charge in [-0.3, -0.25) is 9.59 Å². The molecule has 0 unspecified atom stereocenters. The number of carbonyl (C=O) groups excluding carboxylic acids is 2. The van der Waals surface area contributed by atoms with Crippen LogP contribution in [-0.4, -0.2) is 17.7 Å². The van der Waals surface area contributed by atoms with Gasteiger partial charge in [0.1, 0.15) is 0 Å². The number of hydrogen-bond acceptors (Lipinski definition) is 4. The van der Waals surface area contributed by atoms with Crippen LogP contribution in [0.15, 0.2) is 11.6 Å². The lowest BCUT2D eigenvalue weighted by atomic mass is 10.2. The molecule has 80 valence electrons. The van der Waals surface area contributed by atoms with E-state index in [-0.39, 0.29) is 0 Å². The van der Waals surface area contributed by atoms with Gasteiger partial charge in [0.2, 0.25) is 0 Å². The second-order valence-corrected chi connectivity index (χ2v) is 3.42. The Morgan fingerprint density at radius 3 is 1.57 bits per heavy atom. The largest absolute Gasteiger partial charge is 0.419 e. The number of hydrogen-bond donors (Lipinski definition) is 0. The Balaban J connectivity index is 4.75. The van der Waals surface area contributed by atoms with Gasteiger partial charge in [-0.1, -0.05) is 5.57 Å². The fourth-order valence-corrected chi connectivity index (χ4v) is 1.17. The van der Waals surface area contributed by atoms with Gasteiger partial charge >= 0.3 is 11.9 Å². The molecule has 0 heterocycles. The summed E-state index contributed by atoms with van der Waals surface area (Å²) < 4.78 is 9.80. The summed E-state index contributed by atoms with van der Waals surface area (Å²) in [5, 5.41) is 0. The molecule has 0 spiro atoms. The third kappa shape index (κ3) is 5.35. The molecule has 0 saturated heterocycles. The Morgan fingerprint density at radius 2 is 1.36 bits per heavy atom. The molecule has 0 atom stereocenters. The predicted octanol–water partition coefficient (Wildman–Crippen LogP) is 1.79. The van der Waals surface area contributed by atoms with Crippen molar-refractivity contribution < 1.29 is 19.1 Å². The highest BCUT2D eigenvalue weighted by Crippen LogP contribution is 2.17. The van der Waals surface area contributed by atoms with Crippen molar-refractivity contribution in [2.24, 2.45) is 0 Å². The lowest BCUT2D eigenvalue weighted by molar-refractivity contribution is -0.203. The first-order valence-electron chi connectivity index (χ1n) is 4.30. The minimum atomic E-state index is -1.30. The molecule has 0 bridgehead atoms. The van der Waals surface area contributed by atoms with Gasteiger partial charge in [0.15, 0.2) is 0 Å². The molecule has 0 fully saturated rings. The Morgan fingerprint density at radius 1 is 1.00 bits per heavy atom. The van der Waals surface area contributed by atoms with E-state index in [2.05, 4.69) is 0 Å². The highest BCUT2D eigenvalue weighted by molar-refractivity contribution is 5.69. The SMILES string of the molecule is CC(=O)OC(C)(C=C(C)C)OC(C)=O. The summed E-state index contributed by atoms with van der Waals surface area (Å²) in [4.78, 5) is 21.6. The van der Waals surface area contributed by atoms with Gasteiger partial charge < -0.3 is 9.47 Å². The molecule has 0 saturated carbocycles. The Hall–Kier alpha value is -1.32. The summed E-state index contributed by atoms with van der Waals surface area (Å²) in [5.41, 5.74) is 0.898. The quantitative estimate of drug-likeness (QED) is 0.396. The van der Waals surface area contributed by atoms with E-state index >= 15 is 0 Å². The molecule has 14 heavy (non-hydrogen) atoms. The number of rotatable bonds is 3. The second-order valence-electron chi connectivity index (χ2n) is 3.42. The predicted molar refractivity (Wildman–Crippen MR) is 51.4 cm³/mol. The molecule has 4 heteroatoms. The standard InChI is InChI=1S/C10H16O4/c1-7(2)6-10(5,13-8(3)11)14-9(4)12/h6H,1-5H3. The van der Waals surface area contributed by atoms with E-state index in [1.165, 1.54) is 20.8 Å². The average molecular weight is 200 g/mol. The lowest BCUT2D eigenvalue weighted by Crippen LogP contribution is -2.34. The van der Waals surface area contributed by atoms with Crippen LogP contribution in [0.25, 0.3) is 0 Å². The fourth-order valence-electron chi connectivity index (χ4n) is 1.17. The Labute approximate surface area is 83.9 Å². The molecular formula is C10H16O4. The smallest absolute Gasteiger partial charge is 0.306 e. The zero-order chi connectivity index (χ0) is 11.4. The summed E-state index contributed by atoms with van der Waals surface area (Å²) in [6.45, 7) is 7.69. The van der Waals surface area contributed by atoms with Gasteiger partial charge in [-0.05, 0) is 19.9 Å². The third-order valence-corrected chi connectivity index (χ3v) is 1.24. The maximum atomic E-state index is 10.8. The van der Waals surface area contributed by atoms with Crippen molar-refractivity contribution in [1.82, 2.24) is 0 Å². The van der Waals surface area contributed by atoms with E-state index in [1.807, 2.05) is 13.8 Å². The maximum Gasteiger partial charge on any atom is 0.306 e. The first-order valence-corrected chi connectivity index (χ1v) is 4.30. The normalized spacial score (nSPS) is 10.4. The average Bonchev–Trinajstić information content (AvgIpc) is 1.76. The van der Waals surface area contributed by atoms with Crippen LogP contribution in [0.3, 0.4) is 0 Å². The molecule has 0 aliphatic carbocycles. The summed E-state index contributed by atoms with van der Waals surface area (Å²) in [5.74, 6) is -2.28. The van der Waals surface area contributed by atoms with E-state index in [0.29, 0.717) is 0 Å². The van der Waals surface area contributed by atoms with Crippen molar-refractivity contribution in [2.75, 3.05) is 0 Å². The minimum absolute atomic E-state index is 0.494. The molecule has 0 aromatic heterocycles. The van der Waals surface area contributed by atoms with Crippen LogP contribution < -0.4 is 0 Å². The van der Waals surface area contributed by atoms with Gasteiger partial charge in [0.05, 0.1) is 0 Å². The van der Waals surface area contributed by atoms with E-state index in [9.17, 15) is 9.59 Å². The maximum absolute atomic E-state index is 10.8. The second kappa shape index (κ2) is 4.79. The van der Waals surface area contributed by atoms with Crippen LogP contribution in [0.4, 0.5) is 0 Å². The van der Waals surface area contributed by atoms with Crippen LogP contribution in [-0.2, 0) is 19.1 Å². The van der Waals surface area contributed by atoms with Gasteiger partial charge in [-0.2, -0.15) is 0 Å². The van der Waals surface area contributed by atoms with Crippen molar-refractivity contribution in [3.63, 3.8) is 0 Å². The number of carbonyl (C=O) groups is 2. The van der Waals surface area contributed by atoms with Gasteiger partial charge in [0, 0.05) is 20.8 Å². The van der Waals surface area contributed by atoms with E-state index in [0.717, 1.165) is 5.57 Å². The minimum Gasteiger partial charge on any atom is -0.419 e. The van der Waals surface area contributed by atoms with Crippen LogP contribution in [0.2, 0.25) is 0 Å². The third-order valence-electron chi connectivity index (χ3n) is 1.24. The van der Waals surface area contributed by atoms with Crippen LogP contribution in [0.1, 0.15) is 34.6 Å². The Kier molecular flexibility index (Phi) is 4.34. The summed E-state index contributed by atoms with van der Waals surface area (Å²) in [6, 6.07) is 0. The lowest BCUT2D eigenvalue weighted by Gasteiger charge is -2.25. The van der Waals surface area contributed by atoms with Gasteiger partial charge in [-0.25, -0.2) is 0 Å². The van der Waals surface area contributed by atoms with Crippen molar-refractivity contribution in [3.05, 3.63) is 11.6 Å². The van der Waals surface area contributed by atoms with Gasteiger partial charge in [-0.15, -0.1) is 0 Å². The zero-order valence-corrected chi connectivity index (χ0v) is 9.21. The topological polar surface area (TPSA) is 52.6 Å². The molecule has 0 aromatic rings. The highest BCUT2D eigenvalue weighted by atomic mass is 16.7. The summed E-state index contributed by atoms with van der Waals surface area (Å²) >= 11 is 0. The molecular weight excluding hydrogens is 184 g/mol. The van der Waals surface area contributed by atoms with Crippen molar-refractivity contribution in [1.29, 1.82) is 0 Å². The van der Waals surface area contributed by atoms with Crippen molar-refractivity contribution >= 4 is 11.9 Å². The van der Waals surface area contributed by atoms with Gasteiger partial charge in [0.25, 0.3) is 5.79 Å². The van der Waals surface area contributed by atoms with Crippen LogP contribution in [0, 0.1) is 0 Å². The fraction of sp³-hybridized carbons (Fsp3) is 0.600. The number of allylic oxidation sites excluding steroid dienone is 1. The molecule has 0 aromatic carbocycles. The van der Waals surface area contributed by atoms with Crippen molar-refractivity contribution in [3.8, 4) is 0 Å². The summed E-state index contributed by atoms with van der Waals surface area (Å²) in [7, 11) is 0. The first kappa shape index (κ1) is 12.7. The Bertz CT molecular complexity index is 245. The molecule has 0 radical (unpaired) electrons. The number of esters is 2.